The van der Waals surface area contributed by atoms with Crippen molar-refractivity contribution in [3.63, 3.8) is 0 Å². The number of rotatable bonds is 3. The van der Waals surface area contributed by atoms with E-state index in [0.29, 0.717) is 0 Å². The lowest BCUT2D eigenvalue weighted by molar-refractivity contribution is -0.136. The van der Waals surface area contributed by atoms with Gasteiger partial charge < -0.3 is 15.7 Å². The van der Waals surface area contributed by atoms with Crippen molar-refractivity contribution in [2.24, 2.45) is 5.41 Å². The van der Waals surface area contributed by atoms with Crippen LogP contribution in [0.5, 0.6) is 0 Å². The zero-order valence-electron chi connectivity index (χ0n) is 12.0. The maximum atomic E-state index is 13.3. The van der Waals surface area contributed by atoms with Gasteiger partial charge in [0.15, 0.2) is 0 Å². The van der Waals surface area contributed by atoms with E-state index in [-0.39, 0.29) is 6.54 Å². The largest absolute Gasteiger partial charge is 0.391 e. The Kier molecular flexibility index (Phi) is 5.37. The summed E-state index contributed by atoms with van der Waals surface area (Å²) in [5.41, 5.74) is -1.16. The van der Waals surface area contributed by atoms with Crippen LogP contribution >= 0.6 is 0 Å². The Bertz CT molecular complexity index is 521. The number of nitrogens with one attached hydrogen (secondary N) is 2. The molecule has 0 radical (unpaired) electrons. The third-order valence-corrected chi connectivity index (χ3v) is 2.86. The molecule has 1 aromatic carbocycles. The molecule has 3 N–H and O–H groups in total. The maximum Gasteiger partial charge on any atom is 0.313 e. The third-order valence-electron chi connectivity index (χ3n) is 2.86. The molecular formula is C14H18F2N2O3. The zero-order chi connectivity index (χ0) is 16.2. The van der Waals surface area contributed by atoms with Crippen molar-refractivity contribution in [2.75, 3.05) is 11.9 Å². The minimum atomic E-state index is -1.21. The molecule has 116 valence electrons. The summed E-state index contributed by atoms with van der Waals surface area (Å²) in [5.74, 6) is -4.25. The number of hydrogen-bond donors (Lipinski definition) is 3. The summed E-state index contributed by atoms with van der Waals surface area (Å²) < 4.78 is 26.6. The van der Waals surface area contributed by atoms with E-state index in [4.69, 9.17) is 0 Å². The van der Waals surface area contributed by atoms with E-state index < -0.39 is 40.7 Å². The molecule has 0 bridgehead atoms. The van der Waals surface area contributed by atoms with Gasteiger partial charge in [0.05, 0.1) is 6.10 Å². The van der Waals surface area contributed by atoms with Gasteiger partial charge in [-0.05, 0) is 17.5 Å². The first-order chi connectivity index (χ1) is 9.62. The standard InChI is InChI=1S/C14H18F2N2O3/c1-14(2,3)10(19)7-17-12(20)13(21)18-11-8(15)5-4-6-9(11)16/h4-6,10,19H,7H2,1-3H3,(H,17,20)(H,18,21). The van der Waals surface area contributed by atoms with Gasteiger partial charge in [0, 0.05) is 6.54 Å². The number of benzene rings is 1. The van der Waals surface area contributed by atoms with E-state index in [1.54, 1.807) is 20.8 Å². The summed E-state index contributed by atoms with van der Waals surface area (Å²) in [7, 11) is 0. The van der Waals surface area contributed by atoms with E-state index >= 15 is 0 Å². The fraction of sp³-hybridized carbons (Fsp3) is 0.429. The maximum absolute atomic E-state index is 13.3. The summed E-state index contributed by atoms with van der Waals surface area (Å²) in [4.78, 5) is 23.1. The van der Waals surface area contributed by atoms with E-state index in [1.165, 1.54) is 0 Å². The smallest absolute Gasteiger partial charge is 0.313 e. The monoisotopic (exact) mass is 300 g/mol. The fourth-order valence-electron chi connectivity index (χ4n) is 1.36. The van der Waals surface area contributed by atoms with Crippen molar-refractivity contribution in [2.45, 2.75) is 26.9 Å². The lowest BCUT2D eigenvalue weighted by atomic mass is 9.89. The molecular weight excluding hydrogens is 282 g/mol. The number of aliphatic hydroxyl groups is 1. The summed E-state index contributed by atoms with van der Waals surface area (Å²) >= 11 is 0. The van der Waals surface area contributed by atoms with Crippen LogP contribution in [-0.2, 0) is 9.59 Å². The number of carbonyl (C=O) groups is 2. The van der Waals surface area contributed by atoms with Gasteiger partial charge in [-0.2, -0.15) is 0 Å². The number of aliphatic hydroxyl groups excluding tert-OH is 1. The number of amides is 2. The molecule has 0 aliphatic carbocycles. The Hall–Kier alpha value is -2.02. The van der Waals surface area contributed by atoms with E-state index in [2.05, 4.69) is 5.32 Å². The molecule has 7 heteroatoms. The first kappa shape index (κ1) is 17.0. The Labute approximate surface area is 121 Å². The quantitative estimate of drug-likeness (QED) is 0.739. The summed E-state index contributed by atoms with van der Waals surface area (Å²) in [6.45, 7) is 5.14. The summed E-state index contributed by atoms with van der Waals surface area (Å²) in [5, 5.41) is 13.8. The molecule has 1 unspecified atom stereocenters. The molecule has 0 aromatic heterocycles. The molecule has 0 fully saturated rings. The van der Waals surface area contributed by atoms with Gasteiger partial charge in [0.25, 0.3) is 0 Å². The molecule has 5 nitrogen and oxygen atoms in total. The van der Waals surface area contributed by atoms with Crippen LogP contribution in [0, 0.1) is 17.0 Å². The van der Waals surface area contributed by atoms with Crippen LogP contribution in [0.2, 0.25) is 0 Å². The Balaban J connectivity index is 2.62. The molecule has 2 amide bonds. The van der Waals surface area contributed by atoms with Gasteiger partial charge in [-0.1, -0.05) is 26.8 Å². The summed E-state index contributed by atoms with van der Waals surface area (Å²) in [6, 6.07) is 3.06. The van der Waals surface area contributed by atoms with Crippen molar-refractivity contribution in [1.82, 2.24) is 5.32 Å². The number of hydrogen-bond acceptors (Lipinski definition) is 3. The molecule has 1 atom stereocenters. The highest BCUT2D eigenvalue weighted by Gasteiger charge is 2.24. The van der Waals surface area contributed by atoms with Crippen LogP contribution in [0.3, 0.4) is 0 Å². The lowest BCUT2D eigenvalue weighted by Gasteiger charge is -2.25. The van der Waals surface area contributed by atoms with Crippen molar-refractivity contribution in [1.29, 1.82) is 0 Å². The zero-order valence-corrected chi connectivity index (χ0v) is 12.0. The van der Waals surface area contributed by atoms with Crippen LogP contribution in [0.4, 0.5) is 14.5 Å². The van der Waals surface area contributed by atoms with Gasteiger partial charge >= 0.3 is 11.8 Å². The first-order valence-corrected chi connectivity index (χ1v) is 6.34. The molecule has 0 saturated carbocycles. The molecule has 0 saturated heterocycles. The fourth-order valence-corrected chi connectivity index (χ4v) is 1.36. The number of para-hydroxylation sites is 1. The topological polar surface area (TPSA) is 78.4 Å². The second kappa shape index (κ2) is 6.62. The first-order valence-electron chi connectivity index (χ1n) is 6.34. The van der Waals surface area contributed by atoms with Gasteiger partial charge in [-0.25, -0.2) is 8.78 Å². The van der Waals surface area contributed by atoms with Crippen molar-refractivity contribution >= 4 is 17.5 Å². The predicted molar refractivity (Wildman–Crippen MR) is 73.5 cm³/mol. The highest BCUT2D eigenvalue weighted by atomic mass is 19.1. The molecule has 0 heterocycles. The second-order valence-corrected chi connectivity index (χ2v) is 5.64. The van der Waals surface area contributed by atoms with Crippen LogP contribution in [0.1, 0.15) is 20.8 Å². The molecule has 1 rings (SSSR count). The molecule has 0 aliphatic heterocycles. The minimum Gasteiger partial charge on any atom is -0.391 e. The van der Waals surface area contributed by atoms with Crippen LogP contribution in [0.15, 0.2) is 18.2 Å². The highest BCUT2D eigenvalue weighted by molar-refractivity contribution is 6.39. The minimum absolute atomic E-state index is 0.143. The Morgan fingerprint density at radius 3 is 2.19 bits per heavy atom. The Morgan fingerprint density at radius 1 is 1.19 bits per heavy atom. The van der Waals surface area contributed by atoms with E-state index in [0.717, 1.165) is 18.2 Å². The van der Waals surface area contributed by atoms with Crippen LogP contribution in [0.25, 0.3) is 0 Å². The second-order valence-electron chi connectivity index (χ2n) is 5.64. The van der Waals surface area contributed by atoms with Crippen molar-refractivity contribution < 1.29 is 23.5 Å². The number of carbonyl (C=O) groups excluding carboxylic acids is 2. The number of anilines is 1. The Morgan fingerprint density at radius 2 is 1.71 bits per heavy atom. The van der Waals surface area contributed by atoms with Gasteiger partial charge in [0.1, 0.15) is 17.3 Å². The molecule has 0 spiro atoms. The normalized spacial score (nSPS) is 12.7. The van der Waals surface area contributed by atoms with Crippen molar-refractivity contribution in [3.8, 4) is 0 Å². The average molecular weight is 300 g/mol. The predicted octanol–water partition coefficient (Wildman–Crippen LogP) is 1.43. The summed E-state index contributed by atoms with van der Waals surface area (Å²) in [6.07, 6.45) is -0.862. The molecule has 0 aliphatic rings. The van der Waals surface area contributed by atoms with Crippen LogP contribution in [-0.4, -0.2) is 29.6 Å². The van der Waals surface area contributed by atoms with E-state index in [9.17, 15) is 23.5 Å². The SMILES string of the molecule is CC(C)(C)C(O)CNC(=O)C(=O)Nc1c(F)cccc1F. The van der Waals surface area contributed by atoms with Crippen LogP contribution < -0.4 is 10.6 Å². The molecule has 21 heavy (non-hydrogen) atoms. The number of halogens is 2. The highest BCUT2D eigenvalue weighted by Crippen LogP contribution is 2.19. The van der Waals surface area contributed by atoms with Crippen molar-refractivity contribution in [3.05, 3.63) is 29.8 Å². The third kappa shape index (κ3) is 4.78. The van der Waals surface area contributed by atoms with E-state index in [1.807, 2.05) is 5.32 Å². The van der Waals surface area contributed by atoms with Gasteiger partial charge in [-0.3, -0.25) is 9.59 Å². The van der Waals surface area contributed by atoms with Gasteiger partial charge in [0.2, 0.25) is 0 Å². The average Bonchev–Trinajstić information content (AvgIpc) is 2.38. The van der Waals surface area contributed by atoms with Gasteiger partial charge in [-0.15, -0.1) is 0 Å². The molecule has 1 aromatic rings. The lowest BCUT2D eigenvalue weighted by Crippen LogP contribution is -2.43.